The fourth-order valence-corrected chi connectivity index (χ4v) is 4.63. The molecule has 0 spiro atoms. The molecule has 0 radical (unpaired) electrons. The van der Waals surface area contributed by atoms with E-state index < -0.39 is 15.6 Å². The zero-order valence-electron chi connectivity index (χ0n) is 8.25. The molecule has 1 aromatic rings. The third-order valence-electron chi connectivity index (χ3n) is 1.56. The predicted octanol–water partition coefficient (Wildman–Crippen LogP) is 2.96. The summed E-state index contributed by atoms with van der Waals surface area (Å²) in [5, 5.41) is 0.561. The van der Waals surface area contributed by atoms with Crippen molar-refractivity contribution in [1.82, 2.24) is 4.72 Å². The molecule has 0 aliphatic rings. The van der Waals surface area contributed by atoms with Crippen LogP contribution in [0.4, 0.5) is 0 Å². The molecule has 1 aromatic heterocycles. The van der Waals surface area contributed by atoms with E-state index in [9.17, 15) is 8.42 Å². The number of hydrogen-bond acceptors (Lipinski definition) is 3. The van der Waals surface area contributed by atoms with Gasteiger partial charge in [-0.25, -0.2) is 13.1 Å². The molecule has 0 aliphatic carbocycles. The first-order chi connectivity index (χ1) is 6.77. The predicted molar refractivity (Wildman–Crippen MR) is 70.2 cm³/mol. The van der Waals surface area contributed by atoms with E-state index in [1.807, 2.05) is 13.8 Å². The summed E-state index contributed by atoms with van der Waals surface area (Å²) in [6.45, 7) is 3.64. The number of thiophene rings is 1. The molecule has 7 heteroatoms. The van der Waals surface area contributed by atoms with E-state index in [1.54, 1.807) is 12.1 Å². The van der Waals surface area contributed by atoms with Crippen LogP contribution in [-0.4, -0.2) is 19.3 Å². The minimum absolute atomic E-state index is 0.323. The number of alkyl halides is 1. The van der Waals surface area contributed by atoms with Gasteiger partial charge >= 0.3 is 0 Å². The summed E-state index contributed by atoms with van der Waals surface area (Å²) in [4.78, 5) is 0. The van der Waals surface area contributed by atoms with E-state index in [2.05, 4.69) is 36.6 Å². The van der Waals surface area contributed by atoms with Crippen LogP contribution in [-0.2, 0) is 10.0 Å². The molecule has 0 aromatic carbocycles. The van der Waals surface area contributed by atoms with Crippen molar-refractivity contribution in [3.8, 4) is 0 Å². The molecule has 3 nitrogen and oxygen atoms in total. The number of nitrogens with one attached hydrogen (secondary N) is 1. The Bertz CT molecular complexity index is 439. The molecule has 1 heterocycles. The van der Waals surface area contributed by atoms with Gasteiger partial charge in [-0.3, -0.25) is 0 Å². The Morgan fingerprint density at radius 1 is 1.47 bits per heavy atom. The summed E-state index contributed by atoms with van der Waals surface area (Å²) in [7, 11) is -3.40. The maximum atomic E-state index is 11.9. The van der Waals surface area contributed by atoms with E-state index in [4.69, 9.17) is 0 Å². The van der Waals surface area contributed by atoms with Gasteiger partial charge in [0.1, 0.15) is 4.21 Å². The largest absolute Gasteiger partial charge is 0.250 e. The van der Waals surface area contributed by atoms with Crippen LogP contribution < -0.4 is 4.72 Å². The molecule has 0 bridgehead atoms. The zero-order valence-corrected chi connectivity index (χ0v) is 13.1. The van der Waals surface area contributed by atoms with Gasteiger partial charge in [0.05, 0.1) is 3.79 Å². The number of hydrogen-bond donors (Lipinski definition) is 1. The quantitative estimate of drug-likeness (QED) is 0.821. The fourth-order valence-electron chi connectivity index (χ4n) is 0.883. The van der Waals surface area contributed by atoms with E-state index in [1.165, 1.54) is 11.3 Å². The number of sulfonamides is 1. The van der Waals surface area contributed by atoms with Crippen LogP contribution in [0.25, 0.3) is 0 Å². The van der Waals surface area contributed by atoms with Crippen LogP contribution >= 0.6 is 43.2 Å². The van der Waals surface area contributed by atoms with Crippen LogP contribution in [0.2, 0.25) is 0 Å². The molecule has 86 valence electrons. The highest BCUT2D eigenvalue weighted by molar-refractivity contribution is 9.11. The van der Waals surface area contributed by atoms with Gasteiger partial charge in [0.15, 0.2) is 0 Å². The Labute approximate surface area is 111 Å². The molecule has 0 fully saturated rings. The minimum Gasteiger partial charge on any atom is -0.206 e. The Balaban J connectivity index is 2.95. The Hall–Kier alpha value is 0.570. The molecule has 0 unspecified atom stereocenters. The number of rotatable bonds is 4. The minimum atomic E-state index is -3.40. The molecule has 0 amide bonds. The standard InChI is InChI=1S/C8H11Br2NO2S2/c1-8(2,5-9)11-15(12,13)7-4-3-6(10)14-7/h3-4,11H,5H2,1-2H3. The lowest BCUT2D eigenvalue weighted by Gasteiger charge is -2.22. The maximum Gasteiger partial charge on any atom is 0.250 e. The van der Waals surface area contributed by atoms with Gasteiger partial charge in [0.2, 0.25) is 0 Å². The summed E-state index contributed by atoms with van der Waals surface area (Å²) < 4.78 is 27.5. The summed E-state index contributed by atoms with van der Waals surface area (Å²) >= 11 is 7.70. The summed E-state index contributed by atoms with van der Waals surface area (Å²) in [6, 6.07) is 3.31. The van der Waals surface area contributed by atoms with Gasteiger partial charge < -0.3 is 0 Å². The van der Waals surface area contributed by atoms with Crippen LogP contribution in [0.1, 0.15) is 13.8 Å². The van der Waals surface area contributed by atoms with Crippen molar-refractivity contribution in [2.45, 2.75) is 23.6 Å². The van der Waals surface area contributed by atoms with Crippen molar-refractivity contribution in [2.24, 2.45) is 0 Å². The van der Waals surface area contributed by atoms with Gasteiger partial charge in [-0.05, 0) is 41.9 Å². The molecule has 0 saturated carbocycles. The van der Waals surface area contributed by atoms with Gasteiger partial charge in [-0.2, -0.15) is 0 Å². The first kappa shape index (κ1) is 13.6. The Morgan fingerprint density at radius 2 is 2.07 bits per heavy atom. The van der Waals surface area contributed by atoms with Crippen LogP contribution in [0.5, 0.6) is 0 Å². The first-order valence-electron chi connectivity index (χ1n) is 4.12. The lowest BCUT2D eigenvalue weighted by atomic mass is 10.1. The molecule has 15 heavy (non-hydrogen) atoms. The zero-order chi connectivity index (χ0) is 11.7. The average molecular weight is 377 g/mol. The number of halogens is 2. The normalized spacial score (nSPS) is 13.1. The van der Waals surface area contributed by atoms with Gasteiger partial charge in [-0.15, -0.1) is 11.3 Å². The third kappa shape index (κ3) is 3.81. The monoisotopic (exact) mass is 375 g/mol. The lowest BCUT2D eigenvalue weighted by Crippen LogP contribution is -2.44. The van der Waals surface area contributed by atoms with Crippen molar-refractivity contribution < 1.29 is 8.42 Å². The molecule has 0 saturated heterocycles. The van der Waals surface area contributed by atoms with E-state index in [-0.39, 0.29) is 0 Å². The second kappa shape index (κ2) is 4.83. The highest BCUT2D eigenvalue weighted by atomic mass is 79.9. The van der Waals surface area contributed by atoms with Crippen molar-refractivity contribution in [2.75, 3.05) is 5.33 Å². The lowest BCUT2D eigenvalue weighted by molar-refractivity contribution is 0.502. The first-order valence-corrected chi connectivity index (χ1v) is 8.33. The van der Waals surface area contributed by atoms with Crippen LogP contribution in [0.3, 0.4) is 0 Å². The molecule has 1 N–H and O–H groups in total. The van der Waals surface area contributed by atoms with Gasteiger partial charge in [-0.1, -0.05) is 15.9 Å². The summed E-state index contributed by atoms with van der Waals surface area (Å²) in [6.07, 6.45) is 0. The van der Waals surface area contributed by atoms with Crippen molar-refractivity contribution in [3.63, 3.8) is 0 Å². The highest BCUT2D eigenvalue weighted by Crippen LogP contribution is 2.26. The van der Waals surface area contributed by atoms with Crippen LogP contribution in [0.15, 0.2) is 20.1 Å². The van der Waals surface area contributed by atoms with E-state index in [0.29, 0.717) is 9.54 Å². The Kier molecular flexibility index (Phi) is 4.39. The molecular formula is C8H11Br2NO2S2. The van der Waals surface area contributed by atoms with Gasteiger partial charge in [0, 0.05) is 10.9 Å². The van der Waals surface area contributed by atoms with Gasteiger partial charge in [0.25, 0.3) is 10.0 Å². The highest BCUT2D eigenvalue weighted by Gasteiger charge is 2.26. The second-order valence-electron chi connectivity index (χ2n) is 3.68. The topological polar surface area (TPSA) is 46.2 Å². The van der Waals surface area contributed by atoms with Crippen molar-refractivity contribution in [3.05, 3.63) is 15.9 Å². The molecule has 1 rings (SSSR count). The fraction of sp³-hybridized carbons (Fsp3) is 0.500. The summed E-state index contributed by atoms with van der Waals surface area (Å²) in [5.41, 5.74) is -0.491. The molecule has 0 atom stereocenters. The molecule has 0 aliphatic heterocycles. The Morgan fingerprint density at radius 3 is 2.47 bits per heavy atom. The van der Waals surface area contributed by atoms with E-state index >= 15 is 0 Å². The smallest absolute Gasteiger partial charge is 0.206 e. The SMILES string of the molecule is CC(C)(CBr)NS(=O)(=O)c1ccc(Br)s1. The molecular weight excluding hydrogens is 366 g/mol. The average Bonchev–Trinajstić information content (AvgIpc) is 2.51. The van der Waals surface area contributed by atoms with Crippen molar-refractivity contribution in [1.29, 1.82) is 0 Å². The summed E-state index contributed by atoms with van der Waals surface area (Å²) in [5.74, 6) is 0. The van der Waals surface area contributed by atoms with E-state index in [0.717, 1.165) is 3.79 Å². The third-order valence-corrected chi connectivity index (χ3v) is 6.77. The van der Waals surface area contributed by atoms with Crippen LogP contribution in [0, 0.1) is 0 Å². The second-order valence-corrected chi connectivity index (χ2v) is 8.61. The maximum absolute atomic E-state index is 11.9. The van der Waals surface area contributed by atoms with Crippen molar-refractivity contribution >= 4 is 53.2 Å².